The van der Waals surface area contributed by atoms with Crippen molar-refractivity contribution in [3.05, 3.63) is 95.2 Å². The molecule has 7 nitrogen and oxygen atoms in total. The molecule has 0 aliphatic carbocycles. The third-order valence-electron chi connectivity index (χ3n) is 4.88. The Hall–Kier alpha value is -3.49. The molecule has 0 saturated carbocycles. The van der Waals surface area contributed by atoms with Crippen LogP contribution in [0.3, 0.4) is 0 Å². The van der Waals surface area contributed by atoms with Gasteiger partial charge in [-0.15, -0.1) is 0 Å². The standard InChI is InChI=1S/C25H22ClN3O4S/c1-2-32-23-9-8-17(14-21(23)26)22(30)16-34-25-27-10-11-29(25)19-6-3-5-18(13-19)24(31)28-15-20-7-4-12-33-20/h3-14H,2,15-16H2,1H3,(H,28,31). The summed E-state index contributed by atoms with van der Waals surface area (Å²) in [6.45, 7) is 2.68. The lowest BCUT2D eigenvalue weighted by atomic mass is 10.1. The Labute approximate surface area is 206 Å². The molecule has 1 amide bonds. The third-order valence-corrected chi connectivity index (χ3v) is 6.14. The van der Waals surface area contributed by atoms with E-state index < -0.39 is 0 Å². The smallest absolute Gasteiger partial charge is 0.251 e. The first-order valence-corrected chi connectivity index (χ1v) is 11.9. The fourth-order valence-corrected chi connectivity index (χ4v) is 4.34. The molecule has 2 aromatic heterocycles. The lowest BCUT2D eigenvalue weighted by Crippen LogP contribution is -2.22. The second-order valence-corrected chi connectivity index (χ2v) is 8.53. The summed E-state index contributed by atoms with van der Waals surface area (Å²) in [5.74, 6) is 1.13. The number of aromatic nitrogens is 2. The summed E-state index contributed by atoms with van der Waals surface area (Å²) < 4.78 is 12.5. The van der Waals surface area contributed by atoms with Gasteiger partial charge in [0.2, 0.25) is 0 Å². The topological polar surface area (TPSA) is 86.4 Å². The zero-order valence-corrected chi connectivity index (χ0v) is 19.9. The molecule has 0 fully saturated rings. The number of hydrogen-bond donors (Lipinski definition) is 1. The molecule has 4 aromatic rings. The van der Waals surface area contributed by atoms with Crippen molar-refractivity contribution in [1.29, 1.82) is 0 Å². The van der Waals surface area contributed by atoms with Crippen LogP contribution in [0.25, 0.3) is 5.69 Å². The maximum atomic E-state index is 12.7. The van der Waals surface area contributed by atoms with E-state index >= 15 is 0 Å². The van der Waals surface area contributed by atoms with Crippen LogP contribution in [0.1, 0.15) is 33.4 Å². The average molecular weight is 496 g/mol. The maximum absolute atomic E-state index is 12.7. The van der Waals surface area contributed by atoms with Crippen LogP contribution in [0, 0.1) is 0 Å². The molecule has 0 radical (unpaired) electrons. The summed E-state index contributed by atoms with van der Waals surface area (Å²) >= 11 is 7.52. The number of nitrogens with one attached hydrogen (secondary N) is 1. The average Bonchev–Trinajstić information content (AvgIpc) is 3.54. The number of imidazole rings is 1. The molecule has 0 spiro atoms. The van der Waals surface area contributed by atoms with E-state index in [0.29, 0.717) is 46.0 Å². The van der Waals surface area contributed by atoms with Crippen LogP contribution in [0.5, 0.6) is 5.75 Å². The van der Waals surface area contributed by atoms with Crippen molar-refractivity contribution >= 4 is 35.1 Å². The normalized spacial score (nSPS) is 10.8. The molecule has 4 rings (SSSR count). The number of halogens is 1. The molecule has 2 heterocycles. The Morgan fingerprint density at radius 1 is 1.15 bits per heavy atom. The maximum Gasteiger partial charge on any atom is 0.251 e. The van der Waals surface area contributed by atoms with Crippen molar-refractivity contribution in [2.45, 2.75) is 18.6 Å². The number of nitrogens with zero attached hydrogens (tertiary/aromatic N) is 2. The molecule has 0 aliphatic heterocycles. The van der Waals surface area contributed by atoms with Gasteiger partial charge in [0.25, 0.3) is 5.91 Å². The zero-order valence-electron chi connectivity index (χ0n) is 18.4. The molecule has 9 heteroatoms. The van der Waals surface area contributed by atoms with Crippen molar-refractivity contribution in [3.8, 4) is 11.4 Å². The number of carbonyl (C=O) groups excluding carboxylic acids is 2. The predicted octanol–water partition coefficient (Wildman–Crippen LogP) is 5.42. The minimum Gasteiger partial charge on any atom is -0.492 e. The van der Waals surface area contributed by atoms with E-state index in [1.807, 2.05) is 17.6 Å². The molecule has 2 aromatic carbocycles. The Bertz CT molecular complexity index is 1290. The first kappa shape index (κ1) is 23.7. The first-order valence-electron chi connectivity index (χ1n) is 10.6. The van der Waals surface area contributed by atoms with Crippen LogP contribution >= 0.6 is 23.4 Å². The van der Waals surface area contributed by atoms with E-state index in [1.54, 1.807) is 67.2 Å². The van der Waals surface area contributed by atoms with E-state index in [1.165, 1.54) is 11.8 Å². The number of benzene rings is 2. The highest BCUT2D eigenvalue weighted by molar-refractivity contribution is 7.99. The van der Waals surface area contributed by atoms with Gasteiger partial charge in [-0.1, -0.05) is 29.4 Å². The van der Waals surface area contributed by atoms with Crippen molar-refractivity contribution in [1.82, 2.24) is 14.9 Å². The van der Waals surface area contributed by atoms with E-state index in [0.717, 1.165) is 5.69 Å². The first-order chi connectivity index (χ1) is 16.5. The van der Waals surface area contributed by atoms with E-state index in [4.69, 9.17) is 20.8 Å². The molecular formula is C25H22ClN3O4S. The molecule has 0 bridgehead atoms. The van der Waals surface area contributed by atoms with Gasteiger partial charge in [-0.2, -0.15) is 0 Å². The van der Waals surface area contributed by atoms with Gasteiger partial charge in [-0.05, 0) is 55.5 Å². The number of amides is 1. The molecule has 0 aliphatic rings. The highest BCUT2D eigenvalue weighted by Gasteiger charge is 2.14. The summed E-state index contributed by atoms with van der Waals surface area (Å²) in [5, 5.41) is 3.88. The van der Waals surface area contributed by atoms with Crippen LogP contribution in [0.4, 0.5) is 0 Å². The van der Waals surface area contributed by atoms with Gasteiger partial charge in [-0.25, -0.2) is 4.98 Å². The Balaban J connectivity index is 1.42. The molecule has 0 atom stereocenters. The molecule has 0 unspecified atom stereocenters. The highest BCUT2D eigenvalue weighted by atomic mass is 35.5. The van der Waals surface area contributed by atoms with Crippen molar-refractivity contribution in [2.75, 3.05) is 12.4 Å². The van der Waals surface area contributed by atoms with Crippen molar-refractivity contribution in [2.24, 2.45) is 0 Å². The molecule has 0 saturated heterocycles. The fraction of sp³-hybridized carbons (Fsp3) is 0.160. The summed E-state index contributed by atoms with van der Waals surface area (Å²) in [7, 11) is 0. The summed E-state index contributed by atoms with van der Waals surface area (Å²) in [6, 6.07) is 15.8. The summed E-state index contributed by atoms with van der Waals surface area (Å²) in [6.07, 6.45) is 5.01. The largest absolute Gasteiger partial charge is 0.492 e. The predicted molar refractivity (Wildman–Crippen MR) is 131 cm³/mol. The number of ketones is 1. The van der Waals surface area contributed by atoms with Crippen LogP contribution in [0.2, 0.25) is 5.02 Å². The Kier molecular flexibility index (Phi) is 7.72. The number of hydrogen-bond acceptors (Lipinski definition) is 6. The van der Waals surface area contributed by atoms with Crippen LogP contribution in [0.15, 0.2) is 82.8 Å². The monoisotopic (exact) mass is 495 g/mol. The van der Waals surface area contributed by atoms with Crippen LogP contribution < -0.4 is 10.1 Å². The number of Topliss-reactive ketones (excluding diaryl/α,β-unsaturated/α-hetero) is 1. The minimum atomic E-state index is -0.213. The second kappa shape index (κ2) is 11.1. The lowest BCUT2D eigenvalue weighted by Gasteiger charge is -2.10. The quantitative estimate of drug-likeness (QED) is 0.233. The zero-order chi connectivity index (χ0) is 23.9. The van der Waals surface area contributed by atoms with Gasteiger partial charge < -0.3 is 14.5 Å². The minimum absolute atomic E-state index is 0.0736. The van der Waals surface area contributed by atoms with Gasteiger partial charge in [0.1, 0.15) is 11.5 Å². The SMILES string of the molecule is CCOc1ccc(C(=O)CSc2nccn2-c2cccc(C(=O)NCc3ccco3)c2)cc1Cl. The summed E-state index contributed by atoms with van der Waals surface area (Å²) in [4.78, 5) is 29.6. The van der Waals surface area contributed by atoms with Gasteiger partial charge in [0.05, 0.1) is 30.2 Å². The number of carbonyl (C=O) groups is 2. The van der Waals surface area contributed by atoms with Crippen molar-refractivity contribution < 1.29 is 18.7 Å². The second-order valence-electron chi connectivity index (χ2n) is 7.18. The van der Waals surface area contributed by atoms with E-state index in [9.17, 15) is 9.59 Å². The highest BCUT2D eigenvalue weighted by Crippen LogP contribution is 2.27. The molecular weight excluding hydrogens is 474 g/mol. The van der Waals surface area contributed by atoms with E-state index in [-0.39, 0.29) is 17.4 Å². The Morgan fingerprint density at radius 3 is 2.79 bits per heavy atom. The third kappa shape index (κ3) is 5.70. The summed E-state index contributed by atoms with van der Waals surface area (Å²) in [5.41, 5.74) is 1.78. The molecule has 1 N–H and O–H groups in total. The van der Waals surface area contributed by atoms with E-state index in [2.05, 4.69) is 10.3 Å². The van der Waals surface area contributed by atoms with Crippen LogP contribution in [-0.2, 0) is 6.54 Å². The number of rotatable bonds is 10. The van der Waals surface area contributed by atoms with Gasteiger partial charge in [0, 0.05) is 29.2 Å². The Morgan fingerprint density at radius 2 is 2.03 bits per heavy atom. The number of furan rings is 1. The fourth-order valence-electron chi connectivity index (χ4n) is 3.23. The molecule has 174 valence electrons. The lowest BCUT2D eigenvalue weighted by molar-refractivity contribution is 0.0947. The van der Waals surface area contributed by atoms with Gasteiger partial charge in [-0.3, -0.25) is 14.2 Å². The molecule has 34 heavy (non-hydrogen) atoms. The number of thioether (sulfide) groups is 1. The van der Waals surface area contributed by atoms with Crippen LogP contribution in [-0.4, -0.2) is 33.6 Å². The number of ether oxygens (including phenoxy) is 1. The van der Waals surface area contributed by atoms with Gasteiger partial charge in [0.15, 0.2) is 10.9 Å². The van der Waals surface area contributed by atoms with Gasteiger partial charge >= 0.3 is 0 Å². The van der Waals surface area contributed by atoms with Crippen molar-refractivity contribution in [3.63, 3.8) is 0 Å².